The fraction of sp³-hybridized carbons (Fsp3) is 0.294. The molecule has 0 amide bonds. The molecule has 1 heterocycles. The van der Waals surface area contributed by atoms with E-state index in [1.54, 1.807) is 13.2 Å². The summed E-state index contributed by atoms with van der Waals surface area (Å²) in [6.07, 6.45) is -0.568. The van der Waals surface area contributed by atoms with Gasteiger partial charge < -0.3 is 14.6 Å². The van der Waals surface area contributed by atoms with Crippen LogP contribution in [0.5, 0.6) is 11.5 Å². The Morgan fingerprint density at radius 1 is 1.24 bits per heavy atom. The number of hydrogen-bond acceptors (Lipinski definition) is 3. The normalized spacial score (nSPS) is 20.6. The van der Waals surface area contributed by atoms with E-state index in [1.807, 2.05) is 25.1 Å². The Morgan fingerprint density at radius 3 is 2.76 bits per heavy atom. The third kappa shape index (κ3) is 2.59. The van der Waals surface area contributed by atoms with Gasteiger partial charge in [0.25, 0.3) is 0 Å². The predicted molar refractivity (Wildman–Crippen MR) is 77.1 cm³/mol. The lowest BCUT2D eigenvalue weighted by Gasteiger charge is -2.30. The molecular formula is C17H17FO3. The first-order valence-electron chi connectivity index (χ1n) is 6.87. The fourth-order valence-electron chi connectivity index (χ4n) is 2.72. The number of aliphatic hydroxyl groups is 1. The molecule has 1 unspecified atom stereocenters. The van der Waals surface area contributed by atoms with E-state index in [1.165, 1.54) is 12.1 Å². The maximum absolute atomic E-state index is 13.2. The maximum Gasteiger partial charge on any atom is 0.127 e. The summed E-state index contributed by atoms with van der Waals surface area (Å²) >= 11 is 0. The number of halogens is 1. The summed E-state index contributed by atoms with van der Waals surface area (Å²) in [5, 5.41) is 10.2. The Bertz CT molecular complexity index is 669. The van der Waals surface area contributed by atoms with E-state index in [-0.39, 0.29) is 11.9 Å². The molecule has 3 nitrogen and oxygen atoms in total. The van der Waals surface area contributed by atoms with Crippen molar-refractivity contribution < 1.29 is 19.0 Å². The van der Waals surface area contributed by atoms with Crippen LogP contribution in [0.2, 0.25) is 0 Å². The van der Waals surface area contributed by atoms with Crippen molar-refractivity contribution in [2.45, 2.75) is 25.6 Å². The molecule has 0 aliphatic carbocycles. The zero-order chi connectivity index (χ0) is 15.0. The molecule has 2 atom stereocenters. The predicted octanol–water partition coefficient (Wildman–Crippen LogP) is 3.70. The third-order valence-corrected chi connectivity index (χ3v) is 3.83. The van der Waals surface area contributed by atoms with Crippen LogP contribution >= 0.6 is 0 Å². The first kappa shape index (κ1) is 13.9. The summed E-state index contributed by atoms with van der Waals surface area (Å²) in [5.41, 5.74) is 2.50. The first-order chi connectivity index (χ1) is 10.1. The van der Waals surface area contributed by atoms with Crippen molar-refractivity contribution in [3.8, 4) is 11.5 Å². The average Bonchev–Trinajstić information content (AvgIpc) is 2.47. The molecule has 1 aliphatic rings. The monoisotopic (exact) mass is 288 g/mol. The number of aliphatic hydroxyl groups excluding tert-OH is 1. The largest absolute Gasteiger partial charge is 0.496 e. The van der Waals surface area contributed by atoms with Gasteiger partial charge in [0, 0.05) is 12.0 Å². The molecule has 0 saturated carbocycles. The highest BCUT2D eigenvalue weighted by Gasteiger charge is 2.28. The molecule has 21 heavy (non-hydrogen) atoms. The van der Waals surface area contributed by atoms with Crippen LogP contribution in [0.4, 0.5) is 4.39 Å². The van der Waals surface area contributed by atoms with Gasteiger partial charge in [-0.05, 0) is 48.4 Å². The highest BCUT2D eigenvalue weighted by atomic mass is 19.1. The van der Waals surface area contributed by atoms with E-state index in [9.17, 15) is 9.50 Å². The molecule has 0 saturated heterocycles. The molecule has 3 rings (SSSR count). The van der Waals surface area contributed by atoms with Crippen molar-refractivity contribution in [2.24, 2.45) is 0 Å². The number of hydrogen-bond donors (Lipinski definition) is 1. The molecule has 0 fully saturated rings. The molecule has 0 spiro atoms. The van der Waals surface area contributed by atoms with Crippen LogP contribution in [0.3, 0.4) is 0 Å². The second-order valence-electron chi connectivity index (χ2n) is 5.27. The van der Waals surface area contributed by atoms with E-state index >= 15 is 0 Å². The molecule has 1 N–H and O–H groups in total. The Kier molecular flexibility index (Phi) is 3.55. The van der Waals surface area contributed by atoms with Crippen molar-refractivity contribution in [2.75, 3.05) is 7.11 Å². The van der Waals surface area contributed by atoms with Crippen LogP contribution in [0, 0.1) is 12.7 Å². The van der Waals surface area contributed by atoms with Gasteiger partial charge in [-0.2, -0.15) is 0 Å². The molecule has 2 aromatic rings. The summed E-state index contributed by atoms with van der Waals surface area (Å²) in [6, 6.07) is 10.0. The van der Waals surface area contributed by atoms with Crippen LogP contribution in [-0.4, -0.2) is 12.2 Å². The Balaban J connectivity index is 1.92. The van der Waals surface area contributed by atoms with E-state index in [4.69, 9.17) is 9.47 Å². The summed E-state index contributed by atoms with van der Waals surface area (Å²) in [5.74, 6) is 0.987. The molecule has 0 bridgehead atoms. The minimum absolute atomic E-state index is 0.248. The van der Waals surface area contributed by atoms with Gasteiger partial charge in [-0.25, -0.2) is 4.39 Å². The molecule has 4 heteroatoms. The van der Waals surface area contributed by atoms with E-state index in [0.29, 0.717) is 17.7 Å². The second-order valence-corrected chi connectivity index (χ2v) is 5.27. The number of rotatable bonds is 2. The van der Waals surface area contributed by atoms with Gasteiger partial charge in [-0.3, -0.25) is 0 Å². The zero-order valence-electron chi connectivity index (χ0n) is 12.0. The molecular weight excluding hydrogens is 271 g/mol. The number of methoxy groups -OCH3 is 1. The Labute approximate surface area is 122 Å². The van der Waals surface area contributed by atoms with Gasteiger partial charge in [-0.1, -0.05) is 6.07 Å². The number of aryl methyl sites for hydroxylation is 1. The van der Waals surface area contributed by atoms with Gasteiger partial charge >= 0.3 is 0 Å². The van der Waals surface area contributed by atoms with Crippen LogP contribution in [-0.2, 0) is 0 Å². The third-order valence-electron chi connectivity index (χ3n) is 3.83. The highest BCUT2D eigenvalue weighted by molar-refractivity contribution is 5.41. The quantitative estimate of drug-likeness (QED) is 0.915. The number of fused-ring (bicyclic) bond motifs is 1. The standard InChI is InChI=1S/C17H17FO3/c1-10-7-11(3-5-15(10)20-2)17-9-14(19)13-8-12(18)4-6-16(13)21-17/h3-8,14,17,19H,9H2,1-2H3/t14-,17?/m1/s1. The van der Waals surface area contributed by atoms with Gasteiger partial charge in [0.05, 0.1) is 13.2 Å². The molecule has 0 aromatic heterocycles. The van der Waals surface area contributed by atoms with Gasteiger partial charge in [0.15, 0.2) is 0 Å². The van der Waals surface area contributed by atoms with Crippen molar-refractivity contribution in [3.63, 3.8) is 0 Å². The van der Waals surface area contributed by atoms with Crippen LogP contribution in [0.1, 0.15) is 35.3 Å². The molecule has 110 valence electrons. The highest BCUT2D eigenvalue weighted by Crippen LogP contribution is 2.41. The summed E-state index contributed by atoms with van der Waals surface area (Å²) in [6.45, 7) is 1.96. The first-order valence-corrected chi connectivity index (χ1v) is 6.87. The lowest BCUT2D eigenvalue weighted by Crippen LogP contribution is -2.19. The lowest BCUT2D eigenvalue weighted by molar-refractivity contribution is 0.0653. The average molecular weight is 288 g/mol. The van der Waals surface area contributed by atoms with Crippen molar-refractivity contribution >= 4 is 0 Å². The lowest BCUT2D eigenvalue weighted by atomic mass is 9.94. The van der Waals surface area contributed by atoms with Crippen molar-refractivity contribution in [1.82, 2.24) is 0 Å². The zero-order valence-corrected chi connectivity index (χ0v) is 12.0. The summed E-state index contributed by atoms with van der Waals surface area (Å²) in [4.78, 5) is 0. The topological polar surface area (TPSA) is 38.7 Å². The van der Waals surface area contributed by atoms with Crippen molar-refractivity contribution in [3.05, 3.63) is 58.9 Å². The SMILES string of the molecule is COc1ccc(C2C[C@@H](O)c3cc(F)ccc3O2)cc1C. The van der Waals surface area contributed by atoms with Crippen LogP contribution in [0.25, 0.3) is 0 Å². The maximum atomic E-state index is 13.2. The van der Waals surface area contributed by atoms with Crippen molar-refractivity contribution in [1.29, 1.82) is 0 Å². The van der Waals surface area contributed by atoms with E-state index < -0.39 is 6.10 Å². The fourth-order valence-corrected chi connectivity index (χ4v) is 2.72. The van der Waals surface area contributed by atoms with Gasteiger partial charge in [0.1, 0.15) is 23.4 Å². The Morgan fingerprint density at radius 2 is 2.05 bits per heavy atom. The molecule has 1 aliphatic heterocycles. The summed E-state index contributed by atoms with van der Waals surface area (Å²) < 4.78 is 24.4. The van der Waals surface area contributed by atoms with Gasteiger partial charge in [0.2, 0.25) is 0 Å². The van der Waals surface area contributed by atoms with E-state index in [2.05, 4.69) is 0 Å². The smallest absolute Gasteiger partial charge is 0.127 e. The number of ether oxygens (including phenoxy) is 2. The van der Waals surface area contributed by atoms with Crippen LogP contribution in [0.15, 0.2) is 36.4 Å². The minimum atomic E-state index is -0.725. The van der Waals surface area contributed by atoms with Crippen LogP contribution < -0.4 is 9.47 Å². The second kappa shape index (κ2) is 5.37. The molecule has 2 aromatic carbocycles. The van der Waals surface area contributed by atoms with Gasteiger partial charge in [-0.15, -0.1) is 0 Å². The van der Waals surface area contributed by atoms with E-state index in [0.717, 1.165) is 16.9 Å². The summed E-state index contributed by atoms with van der Waals surface area (Å²) in [7, 11) is 1.63. The number of benzene rings is 2. The minimum Gasteiger partial charge on any atom is -0.496 e. The molecule has 0 radical (unpaired) electrons. The Hall–Kier alpha value is -2.07.